The Labute approximate surface area is 190 Å². The van der Waals surface area contributed by atoms with Crippen LogP contribution in [0.2, 0.25) is 0 Å². The zero-order chi connectivity index (χ0) is 21.8. The number of benzene rings is 2. The second-order valence-corrected chi connectivity index (χ2v) is 9.35. The molecule has 168 valence electrons. The molecule has 5 rings (SSSR count). The van der Waals surface area contributed by atoms with Gasteiger partial charge in [0.1, 0.15) is 5.75 Å². The van der Waals surface area contributed by atoms with E-state index in [9.17, 15) is 0 Å². The van der Waals surface area contributed by atoms with Gasteiger partial charge in [0.15, 0.2) is 0 Å². The molecule has 2 aliphatic heterocycles. The molecule has 2 aromatic carbocycles. The van der Waals surface area contributed by atoms with Crippen molar-refractivity contribution in [3.8, 4) is 17.1 Å². The number of ether oxygens (including phenoxy) is 1. The molecule has 0 radical (unpaired) electrons. The van der Waals surface area contributed by atoms with Crippen molar-refractivity contribution in [2.45, 2.75) is 38.8 Å². The molecule has 2 aliphatic rings. The lowest BCUT2D eigenvalue weighted by Gasteiger charge is -2.48. The minimum Gasteiger partial charge on any atom is -0.497 e. The first-order valence-electron chi connectivity index (χ1n) is 11.7. The van der Waals surface area contributed by atoms with Crippen LogP contribution in [0.25, 0.3) is 11.4 Å². The van der Waals surface area contributed by atoms with Crippen molar-refractivity contribution in [3.05, 3.63) is 66.1 Å². The molecule has 1 spiro atoms. The van der Waals surface area contributed by atoms with Crippen molar-refractivity contribution in [2.75, 3.05) is 33.3 Å². The van der Waals surface area contributed by atoms with E-state index >= 15 is 0 Å². The van der Waals surface area contributed by atoms with E-state index in [4.69, 9.17) is 9.26 Å². The largest absolute Gasteiger partial charge is 0.497 e. The maximum Gasteiger partial charge on any atom is 0.241 e. The van der Waals surface area contributed by atoms with E-state index in [-0.39, 0.29) is 0 Å². The number of hydrogen-bond donors (Lipinski definition) is 0. The standard InChI is InChI=1S/C26H32N4O2/c1-31-23-11-9-22(10-12-23)25-27-24(32-28-25)18-30-16-6-14-26(20-30)13-5-15-29(19-26)17-21-7-3-2-4-8-21/h2-4,7-12H,5-6,13-20H2,1H3/t26-/m0/s1. The van der Waals surface area contributed by atoms with Crippen LogP contribution in [0.15, 0.2) is 59.1 Å². The molecule has 0 unspecified atom stereocenters. The summed E-state index contributed by atoms with van der Waals surface area (Å²) < 4.78 is 10.8. The van der Waals surface area contributed by atoms with Crippen molar-refractivity contribution >= 4 is 0 Å². The molecule has 3 aromatic rings. The Morgan fingerprint density at radius 3 is 2.28 bits per heavy atom. The van der Waals surface area contributed by atoms with Gasteiger partial charge in [-0.2, -0.15) is 4.98 Å². The second kappa shape index (κ2) is 9.43. The van der Waals surface area contributed by atoms with E-state index in [1.54, 1.807) is 7.11 Å². The summed E-state index contributed by atoms with van der Waals surface area (Å²) in [5, 5.41) is 4.21. The topological polar surface area (TPSA) is 54.6 Å². The van der Waals surface area contributed by atoms with Crippen molar-refractivity contribution in [1.82, 2.24) is 19.9 Å². The van der Waals surface area contributed by atoms with Crippen LogP contribution in [0.4, 0.5) is 0 Å². The number of aromatic nitrogens is 2. The van der Waals surface area contributed by atoms with E-state index in [0.29, 0.717) is 17.1 Å². The molecular weight excluding hydrogens is 400 g/mol. The summed E-state index contributed by atoms with van der Waals surface area (Å²) in [6, 6.07) is 18.6. The number of nitrogens with zero attached hydrogens (tertiary/aromatic N) is 4. The quantitative estimate of drug-likeness (QED) is 0.566. The van der Waals surface area contributed by atoms with Gasteiger partial charge in [0, 0.05) is 25.2 Å². The number of piperidine rings is 2. The number of methoxy groups -OCH3 is 1. The molecule has 3 heterocycles. The third-order valence-electron chi connectivity index (χ3n) is 6.91. The Balaban J connectivity index is 1.22. The number of hydrogen-bond acceptors (Lipinski definition) is 6. The molecular formula is C26H32N4O2. The Bertz CT molecular complexity index is 1000. The summed E-state index contributed by atoms with van der Waals surface area (Å²) >= 11 is 0. The minimum absolute atomic E-state index is 0.379. The van der Waals surface area contributed by atoms with Gasteiger partial charge in [-0.3, -0.25) is 9.80 Å². The fraction of sp³-hybridized carbons (Fsp3) is 0.462. The van der Waals surface area contributed by atoms with Gasteiger partial charge in [-0.15, -0.1) is 0 Å². The van der Waals surface area contributed by atoms with Crippen molar-refractivity contribution in [1.29, 1.82) is 0 Å². The van der Waals surface area contributed by atoms with Gasteiger partial charge in [0.25, 0.3) is 0 Å². The van der Waals surface area contributed by atoms with E-state index in [1.807, 2.05) is 24.3 Å². The molecule has 1 aromatic heterocycles. The van der Waals surface area contributed by atoms with Crippen LogP contribution in [-0.4, -0.2) is 53.2 Å². The Morgan fingerprint density at radius 1 is 0.906 bits per heavy atom. The van der Waals surface area contributed by atoms with Gasteiger partial charge < -0.3 is 9.26 Å². The van der Waals surface area contributed by atoms with Gasteiger partial charge in [-0.1, -0.05) is 35.5 Å². The molecule has 0 aliphatic carbocycles. The zero-order valence-corrected chi connectivity index (χ0v) is 18.9. The van der Waals surface area contributed by atoms with Crippen LogP contribution >= 0.6 is 0 Å². The lowest BCUT2D eigenvalue weighted by Crippen LogP contribution is -2.51. The highest BCUT2D eigenvalue weighted by Crippen LogP contribution is 2.39. The molecule has 0 N–H and O–H groups in total. The highest BCUT2D eigenvalue weighted by atomic mass is 16.5. The summed E-state index contributed by atoms with van der Waals surface area (Å²) in [5.74, 6) is 2.16. The molecule has 2 saturated heterocycles. The Kier molecular flexibility index (Phi) is 6.23. The van der Waals surface area contributed by atoms with Crippen LogP contribution in [0.5, 0.6) is 5.75 Å². The van der Waals surface area contributed by atoms with Gasteiger partial charge in [-0.25, -0.2) is 0 Å². The Hall–Kier alpha value is -2.70. The summed E-state index contributed by atoms with van der Waals surface area (Å²) in [7, 11) is 1.67. The van der Waals surface area contributed by atoms with Crippen LogP contribution in [0.1, 0.15) is 37.1 Å². The average molecular weight is 433 g/mol. The van der Waals surface area contributed by atoms with Crippen LogP contribution < -0.4 is 4.74 Å². The fourth-order valence-corrected chi connectivity index (χ4v) is 5.43. The van der Waals surface area contributed by atoms with Crippen molar-refractivity contribution < 1.29 is 9.26 Å². The fourth-order valence-electron chi connectivity index (χ4n) is 5.43. The predicted octanol–water partition coefficient (Wildman–Crippen LogP) is 4.62. The van der Waals surface area contributed by atoms with Gasteiger partial charge in [0.05, 0.1) is 13.7 Å². The van der Waals surface area contributed by atoms with Crippen LogP contribution in [0.3, 0.4) is 0 Å². The summed E-state index contributed by atoms with van der Waals surface area (Å²) in [5.41, 5.74) is 2.73. The van der Waals surface area contributed by atoms with Gasteiger partial charge in [-0.05, 0) is 74.0 Å². The molecule has 0 bridgehead atoms. The predicted molar refractivity (Wildman–Crippen MR) is 124 cm³/mol. The lowest BCUT2D eigenvalue weighted by atomic mass is 9.73. The summed E-state index contributed by atoms with van der Waals surface area (Å²) in [4.78, 5) is 9.83. The maximum absolute atomic E-state index is 5.61. The number of likely N-dealkylation sites (tertiary alicyclic amines) is 2. The average Bonchev–Trinajstić information content (AvgIpc) is 3.28. The zero-order valence-electron chi connectivity index (χ0n) is 18.9. The lowest BCUT2D eigenvalue weighted by molar-refractivity contribution is 0.00462. The van der Waals surface area contributed by atoms with Crippen molar-refractivity contribution in [2.24, 2.45) is 5.41 Å². The molecule has 6 heteroatoms. The van der Waals surface area contributed by atoms with E-state index < -0.39 is 0 Å². The first-order chi connectivity index (χ1) is 15.7. The van der Waals surface area contributed by atoms with Gasteiger partial charge in [0.2, 0.25) is 11.7 Å². The smallest absolute Gasteiger partial charge is 0.241 e. The number of rotatable bonds is 6. The minimum atomic E-state index is 0.379. The normalized spacial score (nSPS) is 22.3. The highest BCUT2D eigenvalue weighted by Gasteiger charge is 2.39. The maximum atomic E-state index is 5.61. The van der Waals surface area contributed by atoms with E-state index in [2.05, 4.69) is 50.3 Å². The molecule has 32 heavy (non-hydrogen) atoms. The molecule has 1 atom stereocenters. The monoisotopic (exact) mass is 432 g/mol. The molecule has 0 saturated carbocycles. The first-order valence-corrected chi connectivity index (χ1v) is 11.7. The third-order valence-corrected chi connectivity index (χ3v) is 6.91. The third kappa shape index (κ3) is 4.87. The van der Waals surface area contributed by atoms with E-state index in [1.165, 1.54) is 44.3 Å². The summed E-state index contributed by atoms with van der Waals surface area (Å²) in [6.45, 7) is 6.37. The molecule has 0 amide bonds. The molecule has 6 nitrogen and oxygen atoms in total. The van der Waals surface area contributed by atoms with Gasteiger partial charge >= 0.3 is 0 Å². The summed E-state index contributed by atoms with van der Waals surface area (Å²) in [6.07, 6.45) is 5.15. The van der Waals surface area contributed by atoms with Crippen LogP contribution in [0, 0.1) is 5.41 Å². The highest BCUT2D eigenvalue weighted by molar-refractivity contribution is 5.55. The second-order valence-electron chi connectivity index (χ2n) is 9.35. The Morgan fingerprint density at radius 2 is 1.59 bits per heavy atom. The SMILES string of the molecule is COc1ccc(-c2noc(CN3CCC[C@]4(CCCN(Cc5ccccc5)C4)C3)n2)cc1. The van der Waals surface area contributed by atoms with E-state index in [0.717, 1.165) is 37.5 Å². The van der Waals surface area contributed by atoms with Crippen molar-refractivity contribution in [3.63, 3.8) is 0 Å². The van der Waals surface area contributed by atoms with Crippen LogP contribution in [-0.2, 0) is 13.1 Å². The first kappa shape index (κ1) is 21.2. The molecule has 2 fully saturated rings.